The van der Waals surface area contributed by atoms with Crippen molar-refractivity contribution < 1.29 is 18.3 Å². The highest BCUT2D eigenvalue weighted by Crippen LogP contribution is 2.16. The first-order valence-corrected chi connectivity index (χ1v) is 5.72. The van der Waals surface area contributed by atoms with E-state index in [1.807, 2.05) is 0 Å². The fraction of sp³-hybridized carbons (Fsp3) is 0.600. The highest BCUT2D eigenvalue weighted by molar-refractivity contribution is 5.93. The van der Waals surface area contributed by atoms with Gasteiger partial charge in [0.2, 0.25) is 0 Å². The van der Waals surface area contributed by atoms with Gasteiger partial charge >= 0.3 is 5.97 Å². The molecular weight excluding hydrogens is 260 g/mol. The zero-order valence-corrected chi connectivity index (χ0v) is 10.5. The van der Waals surface area contributed by atoms with Gasteiger partial charge in [-0.2, -0.15) is 5.10 Å². The summed E-state index contributed by atoms with van der Waals surface area (Å²) in [5.41, 5.74) is 0.117. The first kappa shape index (κ1) is 15.0. The predicted octanol–water partition coefficient (Wildman–Crippen LogP) is 1.83. The van der Waals surface area contributed by atoms with E-state index in [0.29, 0.717) is 0 Å². The number of hydrogen-bond donors (Lipinski definition) is 1. The number of H-pyrrole nitrogens is 1. The van der Waals surface area contributed by atoms with E-state index in [4.69, 9.17) is 4.74 Å². The van der Waals surface area contributed by atoms with Crippen LogP contribution < -0.4 is 0 Å². The van der Waals surface area contributed by atoms with Gasteiger partial charge in [-0.05, 0) is 6.92 Å². The molecule has 106 valence electrons. The molecule has 1 rings (SSSR count). The Morgan fingerprint density at radius 1 is 1.47 bits per heavy atom. The first-order valence-electron chi connectivity index (χ1n) is 5.72. The number of aromatic amines is 1. The minimum absolute atomic E-state index is 0.0731. The molecule has 0 bridgehead atoms. The Bertz CT molecular complexity index is 418. The van der Waals surface area contributed by atoms with E-state index in [9.17, 15) is 13.6 Å². The number of ether oxygens (including phenoxy) is 1. The number of esters is 1. The molecule has 19 heavy (non-hydrogen) atoms. The minimum Gasteiger partial charge on any atom is -0.462 e. The summed E-state index contributed by atoms with van der Waals surface area (Å²) in [6.07, 6.45) is 1.25. The minimum atomic E-state index is -0.674. The van der Waals surface area contributed by atoms with Crippen LogP contribution in [0.4, 0.5) is 14.6 Å². The molecule has 0 aromatic carbocycles. The van der Waals surface area contributed by atoms with Crippen molar-refractivity contribution in [1.29, 1.82) is 0 Å². The van der Waals surface area contributed by atoms with Crippen molar-refractivity contribution in [2.75, 3.05) is 33.0 Å². The van der Waals surface area contributed by atoms with Crippen molar-refractivity contribution in [1.82, 2.24) is 15.2 Å². The average molecular weight is 275 g/mol. The van der Waals surface area contributed by atoms with Crippen LogP contribution in [0.5, 0.6) is 0 Å². The van der Waals surface area contributed by atoms with Crippen molar-refractivity contribution >= 4 is 11.8 Å². The number of hydrogen-bond acceptors (Lipinski definition) is 5. The lowest BCUT2D eigenvalue weighted by atomic mass is 10.3. The maximum Gasteiger partial charge on any atom is 0.343 e. The van der Waals surface area contributed by atoms with E-state index >= 15 is 0 Å². The maximum absolute atomic E-state index is 12.2. The van der Waals surface area contributed by atoms with E-state index in [1.54, 1.807) is 6.92 Å². The van der Waals surface area contributed by atoms with Crippen LogP contribution in [0.3, 0.4) is 0 Å². The zero-order chi connectivity index (χ0) is 14.1. The van der Waals surface area contributed by atoms with Crippen LogP contribution in [0, 0.1) is 0 Å². The molecule has 0 fully saturated rings. The molecule has 0 aliphatic carbocycles. The van der Waals surface area contributed by atoms with E-state index < -0.39 is 19.3 Å². The lowest BCUT2D eigenvalue weighted by Gasteiger charge is -2.12. The van der Waals surface area contributed by atoms with Crippen LogP contribution in [-0.4, -0.2) is 54.2 Å². The van der Waals surface area contributed by atoms with Crippen molar-refractivity contribution in [3.63, 3.8) is 0 Å². The molecule has 7 nitrogen and oxygen atoms in total. The van der Waals surface area contributed by atoms with Crippen LogP contribution in [0.1, 0.15) is 17.3 Å². The molecule has 0 radical (unpaired) electrons. The second-order valence-corrected chi connectivity index (χ2v) is 3.37. The molecule has 0 unspecified atom stereocenters. The number of rotatable bonds is 8. The van der Waals surface area contributed by atoms with E-state index in [2.05, 4.69) is 20.5 Å². The maximum atomic E-state index is 12.2. The molecule has 0 aliphatic rings. The Morgan fingerprint density at radius 2 is 2.16 bits per heavy atom. The summed E-state index contributed by atoms with van der Waals surface area (Å²) in [5.74, 6) is -0.506. The SMILES string of the molecule is CCOC(=O)c1cn[nH]c1N=NN(CCF)CCF. The normalized spacial score (nSPS) is 10.9. The molecule has 1 heterocycles. The third-order valence-electron chi connectivity index (χ3n) is 2.07. The zero-order valence-electron chi connectivity index (χ0n) is 10.5. The molecule has 0 amide bonds. The third-order valence-corrected chi connectivity index (χ3v) is 2.07. The molecule has 0 aliphatic heterocycles. The molecular formula is C10H15F2N5O2. The van der Waals surface area contributed by atoms with Gasteiger partial charge < -0.3 is 4.74 Å². The monoisotopic (exact) mass is 275 g/mol. The summed E-state index contributed by atoms with van der Waals surface area (Å²) in [7, 11) is 0. The van der Waals surface area contributed by atoms with Gasteiger partial charge in [-0.1, -0.05) is 5.22 Å². The first-order chi connectivity index (χ1) is 9.22. The fourth-order valence-corrected chi connectivity index (χ4v) is 1.22. The molecule has 0 saturated carbocycles. The molecule has 0 atom stereocenters. The standard InChI is InChI=1S/C10H15F2N5O2/c1-2-19-10(18)8-7-13-14-9(8)15-16-17(5-3-11)6-4-12/h7H,2-6H2,1H3,(H,13,14). The Balaban J connectivity index is 2.75. The number of alkyl halides is 2. The van der Waals surface area contributed by atoms with Gasteiger partial charge in [0, 0.05) is 0 Å². The molecule has 1 N–H and O–H groups in total. The molecule has 9 heteroatoms. The summed E-state index contributed by atoms with van der Waals surface area (Å²) in [6.45, 7) is 0.395. The molecule has 0 spiro atoms. The molecule has 1 aromatic rings. The predicted molar refractivity (Wildman–Crippen MR) is 62.6 cm³/mol. The van der Waals surface area contributed by atoms with Gasteiger partial charge in [0.15, 0.2) is 5.82 Å². The van der Waals surface area contributed by atoms with Gasteiger partial charge in [0.1, 0.15) is 18.9 Å². The number of nitrogens with zero attached hydrogens (tertiary/aromatic N) is 4. The van der Waals surface area contributed by atoms with Crippen LogP contribution >= 0.6 is 0 Å². The van der Waals surface area contributed by atoms with Crippen LogP contribution in [0.25, 0.3) is 0 Å². The summed E-state index contributed by atoms with van der Waals surface area (Å²) in [6, 6.07) is 0. The van der Waals surface area contributed by atoms with E-state index in [1.165, 1.54) is 6.20 Å². The number of aromatic nitrogens is 2. The molecule has 0 saturated heterocycles. The summed E-state index contributed by atoms with van der Waals surface area (Å²) in [4.78, 5) is 11.5. The number of carbonyl (C=O) groups excluding carboxylic acids is 1. The van der Waals surface area contributed by atoms with Crippen LogP contribution in [-0.2, 0) is 4.74 Å². The Labute approximate surface area is 108 Å². The van der Waals surface area contributed by atoms with Gasteiger partial charge in [-0.15, -0.1) is 5.11 Å². The Morgan fingerprint density at radius 3 is 2.74 bits per heavy atom. The number of nitrogens with one attached hydrogen (secondary N) is 1. The summed E-state index contributed by atoms with van der Waals surface area (Å²) >= 11 is 0. The number of halogens is 2. The fourth-order valence-electron chi connectivity index (χ4n) is 1.22. The summed E-state index contributed by atoms with van der Waals surface area (Å²) in [5, 5.41) is 14.6. The molecule has 1 aromatic heterocycles. The largest absolute Gasteiger partial charge is 0.462 e. The van der Waals surface area contributed by atoms with E-state index in [-0.39, 0.29) is 31.1 Å². The lowest BCUT2D eigenvalue weighted by Crippen LogP contribution is -2.22. The second kappa shape index (κ2) is 8.11. The highest BCUT2D eigenvalue weighted by Gasteiger charge is 2.14. The van der Waals surface area contributed by atoms with Gasteiger partial charge in [-0.25, -0.2) is 13.6 Å². The smallest absolute Gasteiger partial charge is 0.343 e. The topological polar surface area (TPSA) is 82.9 Å². The average Bonchev–Trinajstić information content (AvgIpc) is 2.85. The van der Waals surface area contributed by atoms with Gasteiger partial charge in [0.25, 0.3) is 0 Å². The van der Waals surface area contributed by atoms with Crippen LogP contribution in [0.15, 0.2) is 16.5 Å². The van der Waals surface area contributed by atoms with E-state index in [0.717, 1.165) is 5.01 Å². The highest BCUT2D eigenvalue weighted by atomic mass is 19.1. The van der Waals surface area contributed by atoms with Crippen molar-refractivity contribution in [2.24, 2.45) is 10.3 Å². The van der Waals surface area contributed by atoms with Gasteiger partial charge in [0.05, 0.1) is 25.9 Å². The van der Waals surface area contributed by atoms with Gasteiger partial charge in [-0.3, -0.25) is 10.1 Å². The quantitative estimate of drug-likeness (QED) is 0.445. The summed E-state index contributed by atoms with van der Waals surface area (Å²) < 4.78 is 29.2. The van der Waals surface area contributed by atoms with Crippen molar-refractivity contribution in [3.8, 4) is 0 Å². The Kier molecular flexibility index (Phi) is 6.41. The third kappa shape index (κ3) is 4.60. The van der Waals surface area contributed by atoms with Crippen LogP contribution in [0.2, 0.25) is 0 Å². The van der Waals surface area contributed by atoms with Crippen molar-refractivity contribution in [2.45, 2.75) is 6.92 Å². The number of carbonyl (C=O) groups is 1. The van der Waals surface area contributed by atoms with Crippen molar-refractivity contribution in [3.05, 3.63) is 11.8 Å². The lowest BCUT2D eigenvalue weighted by molar-refractivity contribution is 0.0527. The Hall–Kier alpha value is -2.06. The second-order valence-electron chi connectivity index (χ2n) is 3.37.